The number of hydrogen-bond acceptors (Lipinski definition) is 5. The Labute approximate surface area is 146 Å². The van der Waals surface area contributed by atoms with Gasteiger partial charge in [-0.2, -0.15) is 0 Å². The van der Waals surface area contributed by atoms with Crippen molar-refractivity contribution in [3.8, 4) is 0 Å². The third kappa shape index (κ3) is 3.93. The zero-order chi connectivity index (χ0) is 18.0. The van der Waals surface area contributed by atoms with Crippen molar-refractivity contribution in [2.75, 3.05) is 24.6 Å². The normalized spacial score (nSPS) is 15.3. The minimum Gasteiger partial charge on any atom is -0.383 e. The van der Waals surface area contributed by atoms with E-state index in [2.05, 4.69) is 29.2 Å². The van der Waals surface area contributed by atoms with Crippen molar-refractivity contribution >= 4 is 11.5 Å². The van der Waals surface area contributed by atoms with Gasteiger partial charge in [-0.1, -0.05) is 30.3 Å². The third-order valence-electron chi connectivity index (χ3n) is 4.82. The Morgan fingerprint density at radius 3 is 2.64 bits per heavy atom. The second-order valence-electron chi connectivity index (χ2n) is 6.72. The van der Waals surface area contributed by atoms with Crippen LogP contribution in [0.25, 0.3) is 0 Å². The fourth-order valence-electron chi connectivity index (χ4n) is 2.92. The zero-order valence-electron chi connectivity index (χ0n) is 14.7. The molecule has 1 atom stereocenters. The lowest BCUT2D eigenvalue weighted by molar-refractivity contribution is 0.257. The lowest BCUT2D eigenvalue weighted by atomic mass is 10.2. The largest absolute Gasteiger partial charge is 0.383 e. The Bertz CT molecular complexity index is 839. The van der Waals surface area contributed by atoms with Gasteiger partial charge in [0.1, 0.15) is 11.5 Å². The fourth-order valence-corrected chi connectivity index (χ4v) is 2.92. The van der Waals surface area contributed by atoms with Gasteiger partial charge >= 0.3 is 5.69 Å². The molecular formula is C18H25N5O2. The maximum Gasteiger partial charge on any atom is 0.330 e. The quantitative estimate of drug-likeness (QED) is 0.699. The fraction of sp³-hybridized carbons (Fsp3) is 0.444. The van der Waals surface area contributed by atoms with Crippen LogP contribution in [-0.4, -0.2) is 40.1 Å². The molecular weight excluding hydrogens is 318 g/mol. The van der Waals surface area contributed by atoms with E-state index in [4.69, 9.17) is 5.73 Å². The number of benzene rings is 1. The van der Waals surface area contributed by atoms with E-state index in [-0.39, 0.29) is 17.5 Å². The maximum atomic E-state index is 12.2. The van der Waals surface area contributed by atoms with E-state index in [0.29, 0.717) is 19.1 Å². The summed E-state index contributed by atoms with van der Waals surface area (Å²) in [6.45, 7) is 3.01. The first-order chi connectivity index (χ1) is 12.0. The van der Waals surface area contributed by atoms with Crippen LogP contribution in [0, 0.1) is 0 Å². The lowest BCUT2D eigenvalue weighted by Crippen LogP contribution is -2.39. The number of anilines is 2. The molecule has 1 aromatic carbocycles. The van der Waals surface area contributed by atoms with E-state index in [1.807, 2.05) is 30.3 Å². The first-order valence-electron chi connectivity index (χ1n) is 8.59. The molecule has 134 valence electrons. The highest BCUT2D eigenvalue weighted by atomic mass is 16.2. The molecule has 1 unspecified atom stereocenters. The summed E-state index contributed by atoms with van der Waals surface area (Å²) in [7, 11) is 2.09. The number of nitrogens with zero attached hydrogens (tertiary/aromatic N) is 2. The summed E-state index contributed by atoms with van der Waals surface area (Å²) in [6.07, 6.45) is 2.46. The predicted octanol–water partition coefficient (Wildman–Crippen LogP) is 1.06. The summed E-state index contributed by atoms with van der Waals surface area (Å²) >= 11 is 0. The number of nitrogens with two attached hydrogens (primary N) is 1. The van der Waals surface area contributed by atoms with Gasteiger partial charge in [0.05, 0.1) is 6.54 Å². The monoisotopic (exact) mass is 343 g/mol. The van der Waals surface area contributed by atoms with Gasteiger partial charge < -0.3 is 11.1 Å². The van der Waals surface area contributed by atoms with Gasteiger partial charge in [0.2, 0.25) is 0 Å². The summed E-state index contributed by atoms with van der Waals surface area (Å²) in [5, 5.41) is 3.13. The van der Waals surface area contributed by atoms with Crippen LogP contribution >= 0.6 is 0 Å². The molecule has 4 N–H and O–H groups in total. The van der Waals surface area contributed by atoms with Crippen molar-refractivity contribution in [3.63, 3.8) is 0 Å². The molecule has 0 spiro atoms. The van der Waals surface area contributed by atoms with Gasteiger partial charge in [-0.25, -0.2) is 4.79 Å². The number of H-pyrrole nitrogens is 1. The van der Waals surface area contributed by atoms with E-state index < -0.39 is 11.2 Å². The molecule has 0 aliphatic heterocycles. The number of rotatable bonds is 7. The van der Waals surface area contributed by atoms with Crippen molar-refractivity contribution < 1.29 is 0 Å². The van der Waals surface area contributed by atoms with E-state index >= 15 is 0 Å². The van der Waals surface area contributed by atoms with Gasteiger partial charge in [0.15, 0.2) is 0 Å². The Morgan fingerprint density at radius 1 is 1.32 bits per heavy atom. The van der Waals surface area contributed by atoms with Crippen LogP contribution in [0.2, 0.25) is 0 Å². The molecule has 1 heterocycles. The van der Waals surface area contributed by atoms with Crippen LogP contribution in [0.15, 0.2) is 39.9 Å². The number of hydrogen-bond donors (Lipinski definition) is 3. The highest BCUT2D eigenvalue weighted by molar-refractivity contribution is 5.60. The molecule has 1 aliphatic carbocycles. The predicted molar refractivity (Wildman–Crippen MR) is 100 cm³/mol. The minimum atomic E-state index is -0.500. The third-order valence-corrected chi connectivity index (χ3v) is 4.82. The Balaban J connectivity index is 1.80. The van der Waals surface area contributed by atoms with Crippen LogP contribution in [0.1, 0.15) is 25.3 Å². The molecule has 0 bridgehead atoms. The first-order valence-corrected chi connectivity index (χ1v) is 8.59. The second-order valence-corrected chi connectivity index (χ2v) is 6.72. The van der Waals surface area contributed by atoms with Crippen LogP contribution in [0.4, 0.5) is 11.5 Å². The van der Waals surface area contributed by atoms with Crippen molar-refractivity contribution in [3.05, 3.63) is 56.7 Å². The van der Waals surface area contributed by atoms with E-state index in [1.165, 1.54) is 17.4 Å². The van der Waals surface area contributed by atoms with Crippen LogP contribution in [-0.2, 0) is 6.54 Å². The smallest absolute Gasteiger partial charge is 0.330 e. The number of aromatic nitrogens is 2. The summed E-state index contributed by atoms with van der Waals surface area (Å²) in [5.41, 5.74) is 6.35. The molecule has 0 saturated heterocycles. The van der Waals surface area contributed by atoms with Crippen LogP contribution in [0.3, 0.4) is 0 Å². The molecule has 2 aromatic rings. The van der Waals surface area contributed by atoms with Crippen LogP contribution in [0.5, 0.6) is 0 Å². The highest BCUT2D eigenvalue weighted by Crippen LogP contribution is 2.27. The number of nitrogen functional groups attached to an aromatic ring is 1. The molecule has 1 saturated carbocycles. The second kappa shape index (κ2) is 7.14. The lowest BCUT2D eigenvalue weighted by Gasteiger charge is -2.25. The van der Waals surface area contributed by atoms with Crippen LogP contribution < -0.4 is 22.3 Å². The molecule has 7 heteroatoms. The maximum absolute atomic E-state index is 12.2. The van der Waals surface area contributed by atoms with Gasteiger partial charge in [-0.05, 0) is 32.4 Å². The average molecular weight is 343 g/mol. The van der Waals surface area contributed by atoms with Gasteiger partial charge in [0.25, 0.3) is 5.56 Å². The van der Waals surface area contributed by atoms with E-state index in [0.717, 1.165) is 5.56 Å². The van der Waals surface area contributed by atoms with E-state index in [9.17, 15) is 9.59 Å². The van der Waals surface area contributed by atoms with Gasteiger partial charge in [-0.3, -0.25) is 19.2 Å². The molecule has 7 nitrogen and oxygen atoms in total. The van der Waals surface area contributed by atoms with Crippen molar-refractivity contribution in [2.24, 2.45) is 0 Å². The molecule has 1 aliphatic rings. The van der Waals surface area contributed by atoms with Crippen molar-refractivity contribution in [1.29, 1.82) is 0 Å². The Kier molecular flexibility index (Phi) is 4.94. The summed E-state index contributed by atoms with van der Waals surface area (Å²) in [4.78, 5) is 29.0. The van der Waals surface area contributed by atoms with Gasteiger partial charge in [0, 0.05) is 18.6 Å². The van der Waals surface area contributed by atoms with Crippen molar-refractivity contribution in [1.82, 2.24) is 14.5 Å². The number of aromatic amines is 1. The van der Waals surface area contributed by atoms with Crippen molar-refractivity contribution in [2.45, 2.75) is 38.4 Å². The SMILES string of the molecule is CC(CNc1c(N)n(Cc2ccccc2)c(=O)[nH]c1=O)N(C)C1CC1. The minimum absolute atomic E-state index is 0.166. The molecule has 0 radical (unpaired) electrons. The summed E-state index contributed by atoms with van der Waals surface area (Å²) in [5.74, 6) is 0.166. The van der Waals surface area contributed by atoms with E-state index in [1.54, 1.807) is 0 Å². The molecule has 1 aromatic heterocycles. The Hall–Kier alpha value is -2.54. The molecule has 0 amide bonds. The number of likely N-dealkylation sites (N-methyl/N-ethyl adjacent to an activating group) is 1. The van der Waals surface area contributed by atoms with Gasteiger partial charge in [-0.15, -0.1) is 0 Å². The Morgan fingerprint density at radius 2 is 2.00 bits per heavy atom. The molecule has 1 fully saturated rings. The molecule has 3 rings (SSSR count). The average Bonchev–Trinajstić information content (AvgIpc) is 3.43. The summed E-state index contributed by atoms with van der Waals surface area (Å²) < 4.78 is 1.38. The first kappa shape index (κ1) is 17.3. The summed E-state index contributed by atoms with van der Waals surface area (Å²) in [6, 6.07) is 10.4. The number of nitrogens with one attached hydrogen (secondary N) is 2. The topological polar surface area (TPSA) is 96.1 Å². The zero-order valence-corrected chi connectivity index (χ0v) is 14.7. The standard InChI is InChI=1S/C18H25N5O2/c1-12(22(2)14-8-9-14)10-20-15-16(19)23(18(25)21-17(15)24)11-13-6-4-3-5-7-13/h3-7,12,14,20H,8-11,19H2,1-2H3,(H,21,24,25). The molecule has 25 heavy (non-hydrogen) atoms. The highest BCUT2D eigenvalue weighted by Gasteiger charge is 2.29.